The highest BCUT2D eigenvalue weighted by Gasteiger charge is 2.36. The Bertz CT molecular complexity index is 678. The highest BCUT2D eigenvalue weighted by Crippen LogP contribution is 2.31. The molecule has 24 heavy (non-hydrogen) atoms. The first kappa shape index (κ1) is 19.7. The van der Waals surface area contributed by atoms with Crippen LogP contribution in [0, 0.1) is 6.92 Å². The smallest absolute Gasteiger partial charge is 0.396 e. The summed E-state index contributed by atoms with van der Waals surface area (Å²) < 4.78 is 39.3. The van der Waals surface area contributed by atoms with Crippen LogP contribution in [-0.2, 0) is 6.18 Å². The van der Waals surface area contributed by atoms with Gasteiger partial charge in [-0.25, -0.2) is 9.67 Å². The summed E-state index contributed by atoms with van der Waals surface area (Å²) in [6.07, 6.45) is 1.69. The molecule has 0 aliphatic carbocycles. The van der Waals surface area contributed by atoms with Gasteiger partial charge in [0, 0.05) is 24.6 Å². The van der Waals surface area contributed by atoms with E-state index in [2.05, 4.69) is 23.6 Å². The average molecular weight is 342 g/mol. The zero-order valence-electron chi connectivity index (χ0n) is 13.6. The minimum Gasteiger partial charge on any atom is -0.396 e. The van der Waals surface area contributed by atoms with Gasteiger partial charge in [0.05, 0.1) is 5.69 Å². The Kier molecular flexibility index (Phi) is 6.97. The third-order valence-corrected chi connectivity index (χ3v) is 3.13. The summed E-state index contributed by atoms with van der Waals surface area (Å²) in [6.45, 7) is 7.32. The molecule has 0 aliphatic rings. The quantitative estimate of drug-likeness (QED) is 0.890. The fourth-order valence-electron chi connectivity index (χ4n) is 1.91. The lowest BCUT2D eigenvalue weighted by molar-refractivity contribution is -0.141. The number of hydrogen-bond donors (Lipinski definition) is 2. The van der Waals surface area contributed by atoms with Crippen molar-refractivity contribution in [2.24, 2.45) is 0 Å². The summed E-state index contributed by atoms with van der Waals surface area (Å²) in [6, 6.07) is 1.53. The lowest BCUT2D eigenvalue weighted by atomic mass is 10.2. The first-order chi connectivity index (χ1) is 11.3. The van der Waals surface area contributed by atoms with Crippen molar-refractivity contribution in [3.63, 3.8) is 0 Å². The highest BCUT2D eigenvalue weighted by molar-refractivity contribution is 5.68. The number of unbranched alkanes of at least 4 members (excludes halogenated alkanes) is 1. The van der Waals surface area contributed by atoms with Crippen molar-refractivity contribution in [1.29, 1.82) is 0 Å². The number of alkyl halides is 3. The molecule has 0 radical (unpaired) electrons. The molecule has 2 aromatic heterocycles. The zero-order chi connectivity index (χ0) is 18.3. The average Bonchev–Trinajstić information content (AvgIpc) is 2.90. The molecule has 5 nitrogen and oxygen atoms in total. The molecular formula is C16H21F3N4O. The molecule has 2 aromatic rings. The lowest BCUT2D eigenvalue weighted by Crippen LogP contribution is -2.09. The van der Waals surface area contributed by atoms with E-state index in [0.717, 1.165) is 17.5 Å². The number of nitrogen functional groups attached to an aromatic ring is 1. The molecule has 2 rings (SSSR count). The lowest BCUT2D eigenvalue weighted by Gasteiger charge is -2.08. The number of pyridine rings is 1. The molecule has 0 spiro atoms. The summed E-state index contributed by atoms with van der Waals surface area (Å²) in [5.41, 5.74) is 5.62. The molecule has 0 amide bonds. The molecule has 0 unspecified atom stereocenters. The Hall–Kier alpha value is -2.35. The van der Waals surface area contributed by atoms with E-state index < -0.39 is 11.9 Å². The number of aliphatic hydroxyl groups is 1. The second-order valence-corrected chi connectivity index (χ2v) is 5.01. The van der Waals surface area contributed by atoms with Gasteiger partial charge in [-0.2, -0.15) is 18.3 Å². The van der Waals surface area contributed by atoms with Crippen LogP contribution in [0.25, 0.3) is 11.8 Å². The van der Waals surface area contributed by atoms with Crippen molar-refractivity contribution in [2.45, 2.75) is 32.9 Å². The van der Waals surface area contributed by atoms with Gasteiger partial charge in [-0.15, -0.1) is 0 Å². The third kappa shape index (κ3) is 4.82. The molecule has 0 saturated heterocycles. The normalized spacial score (nSPS) is 10.9. The van der Waals surface area contributed by atoms with Crippen LogP contribution in [0.4, 0.5) is 19.0 Å². The Balaban J connectivity index is 0.000000505. The van der Waals surface area contributed by atoms with Gasteiger partial charge >= 0.3 is 6.18 Å². The summed E-state index contributed by atoms with van der Waals surface area (Å²) >= 11 is 0. The van der Waals surface area contributed by atoms with E-state index >= 15 is 0 Å². The Morgan fingerprint density at radius 3 is 2.50 bits per heavy atom. The molecular weight excluding hydrogens is 321 g/mol. The predicted molar refractivity (Wildman–Crippen MR) is 87.6 cm³/mol. The van der Waals surface area contributed by atoms with Crippen LogP contribution in [0.15, 0.2) is 25.0 Å². The Morgan fingerprint density at radius 1 is 1.42 bits per heavy atom. The van der Waals surface area contributed by atoms with Gasteiger partial charge in [-0.05, 0) is 25.0 Å². The van der Waals surface area contributed by atoms with E-state index in [1.807, 2.05) is 0 Å². The minimum absolute atomic E-state index is 0.0397. The maximum absolute atomic E-state index is 12.7. The number of hydrogen-bond acceptors (Lipinski definition) is 4. The van der Waals surface area contributed by atoms with Crippen LogP contribution in [-0.4, -0.2) is 26.5 Å². The molecule has 8 heteroatoms. The van der Waals surface area contributed by atoms with Crippen LogP contribution in [0.1, 0.15) is 36.6 Å². The van der Waals surface area contributed by atoms with Crippen LogP contribution in [0.3, 0.4) is 0 Å². The maximum atomic E-state index is 12.7. The van der Waals surface area contributed by atoms with Gasteiger partial charge in [-0.1, -0.05) is 26.0 Å². The van der Waals surface area contributed by atoms with E-state index in [-0.39, 0.29) is 11.4 Å². The van der Waals surface area contributed by atoms with Gasteiger partial charge in [0.2, 0.25) is 0 Å². The molecule has 0 atom stereocenters. The van der Waals surface area contributed by atoms with Gasteiger partial charge in [0.1, 0.15) is 5.82 Å². The van der Waals surface area contributed by atoms with Gasteiger partial charge in [0.15, 0.2) is 5.69 Å². The highest BCUT2D eigenvalue weighted by atomic mass is 19.4. The van der Waals surface area contributed by atoms with E-state index in [9.17, 15) is 13.2 Å². The van der Waals surface area contributed by atoms with Gasteiger partial charge < -0.3 is 10.8 Å². The van der Waals surface area contributed by atoms with Crippen LogP contribution in [0.2, 0.25) is 0 Å². The van der Waals surface area contributed by atoms with E-state index in [0.29, 0.717) is 17.9 Å². The summed E-state index contributed by atoms with van der Waals surface area (Å²) in [7, 11) is 0. The van der Waals surface area contributed by atoms with E-state index in [4.69, 9.17) is 10.8 Å². The molecule has 0 bridgehead atoms. The fraction of sp³-hybridized carbons (Fsp3) is 0.375. The summed E-state index contributed by atoms with van der Waals surface area (Å²) in [5, 5.41) is 11.6. The SMILES string of the molecule is C=Cc1c(-n2cc(C)c(C(F)(F)F)n2)ccnc1N.CCCCO. The molecule has 132 valence electrons. The standard InChI is InChI=1S/C12H11F3N4.C4H10O/c1-3-8-9(4-5-17-11(8)16)19-6-7(2)10(18-19)12(13,14)15;1-2-3-4-5/h3-6H,1H2,2H3,(H2,16,17);5H,2-4H2,1H3. The van der Waals surface area contributed by atoms with E-state index in [1.165, 1.54) is 31.5 Å². The molecule has 2 heterocycles. The van der Waals surface area contributed by atoms with Crippen molar-refractivity contribution < 1.29 is 18.3 Å². The first-order valence-electron chi connectivity index (χ1n) is 7.37. The number of aromatic nitrogens is 3. The van der Waals surface area contributed by atoms with Crippen molar-refractivity contribution in [1.82, 2.24) is 14.8 Å². The minimum atomic E-state index is -4.48. The Morgan fingerprint density at radius 2 is 2.08 bits per heavy atom. The first-order valence-corrected chi connectivity index (χ1v) is 7.37. The summed E-state index contributed by atoms with van der Waals surface area (Å²) in [4.78, 5) is 3.86. The number of halogens is 3. The monoisotopic (exact) mass is 342 g/mol. The second-order valence-electron chi connectivity index (χ2n) is 5.01. The van der Waals surface area contributed by atoms with E-state index in [1.54, 1.807) is 0 Å². The molecule has 0 fully saturated rings. The predicted octanol–water partition coefficient (Wildman–Crippen LogP) is 3.60. The van der Waals surface area contributed by atoms with Crippen molar-refractivity contribution in [3.05, 3.63) is 41.9 Å². The number of aryl methyl sites for hydroxylation is 1. The molecule has 0 aliphatic heterocycles. The van der Waals surface area contributed by atoms with Crippen molar-refractivity contribution >= 4 is 11.9 Å². The fourth-order valence-corrected chi connectivity index (χ4v) is 1.91. The molecule has 0 aromatic carbocycles. The number of aliphatic hydroxyl groups excluding tert-OH is 1. The third-order valence-electron chi connectivity index (χ3n) is 3.13. The van der Waals surface area contributed by atoms with Gasteiger partial charge in [0.25, 0.3) is 0 Å². The number of nitrogens with two attached hydrogens (primary N) is 1. The van der Waals surface area contributed by atoms with Gasteiger partial charge in [-0.3, -0.25) is 0 Å². The number of rotatable bonds is 4. The van der Waals surface area contributed by atoms with Crippen molar-refractivity contribution in [2.75, 3.05) is 12.3 Å². The zero-order valence-corrected chi connectivity index (χ0v) is 13.6. The second kappa shape index (κ2) is 8.49. The topological polar surface area (TPSA) is 77.0 Å². The molecule has 0 saturated carbocycles. The number of nitrogens with zero attached hydrogens (tertiary/aromatic N) is 3. The van der Waals surface area contributed by atoms with Crippen LogP contribution < -0.4 is 5.73 Å². The van der Waals surface area contributed by atoms with Crippen molar-refractivity contribution in [3.8, 4) is 5.69 Å². The number of anilines is 1. The summed E-state index contributed by atoms with van der Waals surface area (Å²) in [5.74, 6) is 0.189. The Labute approximate surface area is 138 Å². The largest absolute Gasteiger partial charge is 0.435 e. The van der Waals surface area contributed by atoms with Crippen LogP contribution >= 0.6 is 0 Å². The molecule has 3 N–H and O–H groups in total. The maximum Gasteiger partial charge on any atom is 0.435 e. The van der Waals surface area contributed by atoms with Crippen LogP contribution in [0.5, 0.6) is 0 Å².